The zero-order valence-corrected chi connectivity index (χ0v) is 13.5. The molecule has 0 bridgehead atoms. The zero-order chi connectivity index (χ0) is 12.9. The quantitative estimate of drug-likeness (QED) is 0.847. The Kier molecular flexibility index (Phi) is 6.04. The van der Waals surface area contributed by atoms with Crippen LogP contribution in [0.1, 0.15) is 26.3 Å². The van der Waals surface area contributed by atoms with Gasteiger partial charge in [0.1, 0.15) is 0 Å². The van der Waals surface area contributed by atoms with Crippen molar-refractivity contribution < 1.29 is 0 Å². The molecule has 1 aromatic rings. The van der Waals surface area contributed by atoms with E-state index in [1.165, 1.54) is 5.56 Å². The molecule has 0 saturated carbocycles. The highest BCUT2D eigenvalue weighted by Gasteiger charge is 2.16. The maximum Gasteiger partial charge on any atom is 0.0225 e. The molecule has 0 aliphatic rings. The summed E-state index contributed by atoms with van der Waals surface area (Å²) < 4.78 is 1.46. The van der Waals surface area contributed by atoms with Crippen LogP contribution in [0.4, 0.5) is 0 Å². The minimum Gasteiger partial charge on any atom is -0.313 e. The molecule has 0 spiro atoms. The van der Waals surface area contributed by atoms with Gasteiger partial charge in [0.15, 0.2) is 0 Å². The van der Waals surface area contributed by atoms with E-state index in [-0.39, 0.29) is 0 Å². The SMILES string of the molecule is CSC(C)(C)CNC(C)Cc1ccc(Br)cc1. The van der Waals surface area contributed by atoms with Gasteiger partial charge in [-0.1, -0.05) is 28.1 Å². The van der Waals surface area contributed by atoms with Gasteiger partial charge in [0, 0.05) is 21.8 Å². The van der Waals surface area contributed by atoms with E-state index < -0.39 is 0 Å². The predicted molar refractivity (Wildman–Crippen MR) is 82.9 cm³/mol. The molecule has 0 saturated heterocycles. The van der Waals surface area contributed by atoms with Crippen LogP contribution in [0.5, 0.6) is 0 Å². The molecule has 1 N–H and O–H groups in total. The second-order valence-corrected chi connectivity index (χ2v) is 7.51. The summed E-state index contributed by atoms with van der Waals surface area (Å²) >= 11 is 5.37. The van der Waals surface area contributed by atoms with Crippen molar-refractivity contribution in [2.75, 3.05) is 12.8 Å². The molecule has 3 heteroatoms. The molecular weight excluding hydrogens is 294 g/mol. The van der Waals surface area contributed by atoms with Crippen LogP contribution in [0, 0.1) is 0 Å². The second-order valence-electron chi connectivity index (χ2n) is 5.08. The number of nitrogens with one attached hydrogen (secondary N) is 1. The Morgan fingerprint density at radius 2 is 1.88 bits per heavy atom. The summed E-state index contributed by atoms with van der Waals surface area (Å²) in [6.45, 7) is 7.85. The number of halogens is 1. The Labute approximate surface area is 118 Å². The average molecular weight is 316 g/mol. The lowest BCUT2D eigenvalue weighted by atomic mass is 10.1. The fourth-order valence-corrected chi connectivity index (χ4v) is 2.03. The van der Waals surface area contributed by atoms with Crippen LogP contribution in [0.15, 0.2) is 28.7 Å². The van der Waals surface area contributed by atoms with Gasteiger partial charge in [-0.25, -0.2) is 0 Å². The number of thioether (sulfide) groups is 1. The van der Waals surface area contributed by atoms with Crippen molar-refractivity contribution in [2.45, 2.75) is 38.0 Å². The monoisotopic (exact) mass is 315 g/mol. The summed E-state index contributed by atoms with van der Waals surface area (Å²) in [5.74, 6) is 0. The van der Waals surface area contributed by atoms with Crippen LogP contribution in [0.25, 0.3) is 0 Å². The molecule has 0 fully saturated rings. The molecule has 0 aliphatic carbocycles. The van der Waals surface area contributed by atoms with Gasteiger partial charge in [0.05, 0.1) is 0 Å². The summed E-state index contributed by atoms with van der Waals surface area (Å²) in [5.41, 5.74) is 1.38. The molecule has 1 aromatic carbocycles. The first kappa shape index (κ1) is 15.1. The average Bonchev–Trinajstić information content (AvgIpc) is 2.30. The molecular formula is C14H22BrNS. The van der Waals surface area contributed by atoms with Gasteiger partial charge in [-0.05, 0) is 51.1 Å². The highest BCUT2D eigenvalue weighted by Crippen LogP contribution is 2.20. The topological polar surface area (TPSA) is 12.0 Å². The minimum atomic E-state index is 0.313. The normalized spacial score (nSPS) is 13.7. The lowest BCUT2D eigenvalue weighted by Gasteiger charge is -2.25. The van der Waals surface area contributed by atoms with E-state index in [0.29, 0.717) is 10.8 Å². The van der Waals surface area contributed by atoms with Crippen LogP contribution >= 0.6 is 27.7 Å². The maximum absolute atomic E-state index is 3.60. The Morgan fingerprint density at radius 3 is 2.41 bits per heavy atom. The van der Waals surface area contributed by atoms with Crippen molar-refractivity contribution in [1.29, 1.82) is 0 Å². The summed E-state index contributed by atoms with van der Waals surface area (Å²) in [7, 11) is 0. The lowest BCUT2D eigenvalue weighted by molar-refractivity contribution is 0.504. The van der Waals surface area contributed by atoms with Gasteiger partial charge < -0.3 is 5.32 Å². The third-order valence-corrected chi connectivity index (χ3v) is 4.66. The van der Waals surface area contributed by atoms with Gasteiger partial charge in [-0.2, -0.15) is 11.8 Å². The molecule has 1 rings (SSSR count). The van der Waals surface area contributed by atoms with Crippen molar-refractivity contribution in [1.82, 2.24) is 5.32 Å². The van der Waals surface area contributed by atoms with Crippen molar-refractivity contribution in [2.24, 2.45) is 0 Å². The van der Waals surface area contributed by atoms with Gasteiger partial charge in [-0.15, -0.1) is 0 Å². The molecule has 96 valence electrons. The van der Waals surface area contributed by atoms with Crippen LogP contribution in [0.3, 0.4) is 0 Å². The van der Waals surface area contributed by atoms with Crippen molar-refractivity contribution in [3.05, 3.63) is 34.3 Å². The summed E-state index contributed by atoms with van der Waals surface area (Å²) in [4.78, 5) is 0. The van der Waals surface area contributed by atoms with E-state index in [0.717, 1.165) is 17.4 Å². The molecule has 0 heterocycles. The molecule has 1 nitrogen and oxygen atoms in total. The first-order valence-corrected chi connectivity index (χ1v) is 7.98. The Balaban J connectivity index is 2.39. The summed E-state index contributed by atoms with van der Waals surface area (Å²) in [6, 6.07) is 9.09. The highest BCUT2D eigenvalue weighted by atomic mass is 79.9. The molecule has 0 radical (unpaired) electrons. The van der Waals surface area contributed by atoms with E-state index in [1.54, 1.807) is 0 Å². The second kappa shape index (κ2) is 6.81. The largest absolute Gasteiger partial charge is 0.313 e. The zero-order valence-electron chi connectivity index (χ0n) is 11.1. The molecule has 17 heavy (non-hydrogen) atoms. The summed E-state index contributed by atoms with van der Waals surface area (Å²) in [5, 5.41) is 3.60. The van der Waals surface area contributed by atoms with Gasteiger partial charge in [0.2, 0.25) is 0 Å². The fourth-order valence-electron chi connectivity index (χ4n) is 1.54. The number of hydrogen-bond donors (Lipinski definition) is 1. The van der Waals surface area contributed by atoms with Crippen molar-refractivity contribution in [3.8, 4) is 0 Å². The van der Waals surface area contributed by atoms with E-state index in [9.17, 15) is 0 Å². The first-order chi connectivity index (χ1) is 7.93. The highest BCUT2D eigenvalue weighted by molar-refractivity contribution is 9.10. The number of hydrogen-bond acceptors (Lipinski definition) is 2. The predicted octanol–water partition coefficient (Wildman–Crippen LogP) is 4.11. The van der Waals surface area contributed by atoms with Crippen LogP contribution in [0.2, 0.25) is 0 Å². The molecule has 0 aromatic heterocycles. The fraction of sp³-hybridized carbons (Fsp3) is 0.571. The van der Waals surface area contributed by atoms with Gasteiger partial charge >= 0.3 is 0 Å². The molecule has 1 unspecified atom stereocenters. The first-order valence-electron chi connectivity index (χ1n) is 5.96. The van der Waals surface area contributed by atoms with Crippen LogP contribution < -0.4 is 5.32 Å². The summed E-state index contributed by atoms with van der Waals surface area (Å²) in [6.07, 6.45) is 3.25. The van der Waals surface area contributed by atoms with Gasteiger partial charge in [-0.3, -0.25) is 0 Å². The Hall–Kier alpha value is 0.01000. The van der Waals surface area contributed by atoms with E-state index in [1.807, 2.05) is 11.8 Å². The third kappa shape index (κ3) is 5.94. The van der Waals surface area contributed by atoms with E-state index in [4.69, 9.17) is 0 Å². The smallest absolute Gasteiger partial charge is 0.0225 e. The molecule has 0 aliphatic heterocycles. The van der Waals surface area contributed by atoms with Crippen molar-refractivity contribution in [3.63, 3.8) is 0 Å². The third-order valence-electron chi connectivity index (χ3n) is 2.88. The maximum atomic E-state index is 3.60. The van der Waals surface area contributed by atoms with E-state index in [2.05, 4.69) is 72.5 Å². The molecule has 1 atom stereocenters. The van der Waals surface area contributed by atoms with E-state index >= 15 is 0 Å². The molecule has 0 amide bonds. The van der Waals surface area contributed by atoms with Crippen LogP contribution in [-0.4, -0.2) is 23.6 Å². The van der Waals surface area contributed by atoms with Crippen LogP contribution in [-0.2, 0) is 6.42 Å². The standard InChI is InChI=1S/C14H22BrNS/c1-11(16-10-14(2,3)17-4)9-12-5-7-13(15)8-6-12/h5-8,11,16H,9-10H2,1-4H3. The number of rotatable bonds is 6. The van der Waals surface area contributed by atoms with Gasteiger partial charge in [0.25, 0.3) is 0 Å². The Bertz CT molecular complexity index is 335. The number of benzene rings is 1. The lowest BCUT2D eigenvalue weighted by Crippen LogP contribution is -2.38. The Morgan fingerprint density at radius 1 is 1.29 bits per heavy atom. The minimum absolute atomic E-state index is 0.313. The van der Waals surface area contributed by atoms with Crippen molar-refractivity contribution >= 4 is 27.7 Å².